The molecule has 0 aromatic heterocycles. The molecular formula is C34H40BrF3N2O2. The molecule has 3 rings (SSSR count). The van der Waals surface area contributed by atoms with E-state index in [0.717, 1.165) is 60.0 Å². The maximum atomic E-state index is 14.8. The second-order valence-electron chi connectivity index (χ2n) is 10.7. The Labute approximate surface area is 256 Å². The number of hydrogen-bond donors (Lipinski definition) is 1. The first-order valence-corrected chi connectivity index (χ1v) is 15.3. The van der Waals surface area contributed by atoms with E-state index in [1.807, 2.05) is 45.1 Å². The monoisotopic (exact) mass is 644 g/mol. The van der Waals surface area contributed by atoms with E-state index in [1.54, 1.807) is 12.1 Å². The van der Waals surface area contributed by atoms with E-state index >= 15 is 0 Å². The number of carbonyl (C=O) groups excluding carboxylic acids is 1. The number of aryl methyl sites for hydroxylation is 1. The van der Waals surface area contributed by atoms with Gasteiger partial charge in [-0.25, -0.2) is 8.78 Å². The van der Waals surface area contributed by atoms with Crippen LogP contribution in [-0.4, -0.2) is 18.2 Å². The summed E-state index contributed by atoms with van der Waals surface area (Å²) in [6, 6.07) is 7.90. The van der Waals surface area contributed by atoms with E-state index in [2.05, 4.69) is 40.3 Å². The summed E-state index contributed by atoms with van der Waals surface area (Å²) in [7, 11) is 0. The maximum Gasteiger partial charge on any atom is 0.254 e. The molecule has 1 saturated carbocycles. The lowest BCUT2D eigenvalue weighted by molar-refractivity contribution is 0.0936. The Morgan fingerprint density at radius 1 is 1.10 bits per heavy atom. The van der Waals surface area contributed by atoms with E-state index in [1.165, 1.54) is 0 Å². The van der Waals surface area contributed by atoms with Crippen LogP contribution in [0, 0.1) is 36.2 Å². The van der Waals surface area contributed by atoms with Crippen LogP contribution in [0.15, 0.2) is 69.8 Å². The van der Waals surface area contributed by atoms with Crippen molar-refractivity contribution in [2.24, 2.45) is 16.8 Å². The highest BCUT2D eigenvalue weighted by Crippen LogP contribution is 2.34. The van der Waals surface area contributed by atoms with Crippen LogP contribution in [0.3, 0.4) is 0 Å². The number of allylic oxidation sites excluding steroid dienone is 6. The summed E-state index contributed by atoms with van der Waals surface area (Å²) < 4.78 is 50.4. The molecule has 0 unspecified atom stereocenters. The molecule has 0 saturated heterocycles. The standard InChI is InChI=1S/C34H40BrF3N2O2/c1-5-8-26(35)18-27(9-6-2)40-30(7-3)25-16-14-23(15-17-25)20-39-34(41)28-19-29(36)33(32(38)31(28)37)42-21-24-12-10-22(4)11-13-24/h5,7-8,10-13,18-19,23,25H,6,9,14-17,20-21H2,1-4H3,(H,39,41)/b8-5-,26-18+,30-7-,40-27-. The normalized spacial score (nSPS) is 18.4. The fraction of sp³-hybridized carbons (Fsp3) is 0.412. The Morgan fingerprint density at radius 3 is 2.40 bits per heavy atom. The van der Waals surface area contributed by atoms with E-state index in [0.29, 0.717) is 24.1 Å². The van der Waals surface area contributed by atoms with E-state index in [4.69, 9.17) is 9.73 Å². The number of halogens is 4. The predicted molar refractivity (Wildman–Crippen MR) is 168 cm³/mol. The molecule has 0 bridgehead atoms. The van der Waals surface area contributed by atoms with Crippen molar-refractivity contribution in [3.8, 4) is 5.75 Å². The molecule has 2 aromatic rings. The van der Waals surface area contributed by atoms with Crippen LogP contribution in [0.1, 0.15) is 80.8 Å². The second-order valence-corrected chi connectivity index (χ2v) is 11.6. The molecule has 4 nitrogen and oxygen atoms in total. The summed E-state index contributed by atoms with van der Waals surface area (Å²) in [5, 5.41) is 2.67. The molecule has 1 aliphatic rings. The first-order valence-electron chi connectivity index (χ1n) is 14.5. The maximum absolute atomic E-state index is 14.8. The van der Waals surface area contributed by atoms with Crippen molar-refractivity contribution in [2.75, 3.05) is 6.54 Å². The Balaban J connectivity index is 1.57. The lowest BCUT2D eigenvalue weighted by Gasteiger charge is -2.29. The Morgan fingerprint density at radius 2 is 1.79 bits per heavy atom. The van der Waals surface area contributed by atoms with Crippen LogP contribution in [0.2, 0.25) is 0 Å². The molecule has 1 N–H and O–H groups in total. The summed E-state index contributed by atoms with van der Waals surface area (Å²) in [6.07, 6.45) is 13.5. The third-order valence-corrected chi connectivity index (χ3v) is 7.88. The van der Waals surface area contributed by atoms with Crippen LogP contribution in [0.5, 0.6) is 5.75 Å². The zero-order valence-corrected chi connectivity index (χ0v) is 26.4. The van der Waals surface area contributed by atoms with Crippen molar-refractivity contribution in [2.45, 2.75) is 72.8 Å². The minimum Gasteiger partial charge on any atom is -0.483 e. The number of rotatable bonds is 12. The molecule has 2 aromatic carbocycles. The summed E-state index contributed by atoms with van der Waals surface area (Å²) in [5.41, 5.74) is 3.13. The second kappa shape index (κ2) is 16.5. The molecule has 0 atom stereocenters. The van der Waals surface area contributed by atoms with Gasteiger partial charge in [0.25, 0.3) is 5.91 Å². The minimum absolute atomic E-state index is 0.133. The first kappa shape index (κ1) is 33.4. The number of ether oxygens (including phenoxy) is 1. The highest BCUT2D eigenvalue weighted by molar-refractivity contribution is 9.11. The van der Waals surface area contributed by atoms with Gasteiger partial charge in [-0.3, -0.25) is 9.79 Å². The van der Waals surface area contributed by atoms with Crippen molar-refractivity contribution < 1.29 is 22.7 Å². The number of amides is 1. The SMILES string of the molecule is C\C=C/C(Br)=C\C(CCC)=N/C(=C\C)C1CCC(CNC(=O)c2cc(F)c(OCc3ccc(C)cc3)c(F)c2F)CC1. The van der Waals surface area contributed by atoms with Gasteiger partial charge >= 0.3 is 0 Å². The van der Waals surface area contributed by atoms with Crippen LogP contribution < -0.4 is 10.1 Å². The fourth-order valence-corrected chi connectivity index (χ4v) is 5.58. The molecule has 0 radical (unpaired) electrons. The Bertz CT molecular complexity index is 1340. The summed E-state index contributed by atoms with van der Waals surface area (Å²) in [4.78, 5) is 17.7. The number of nitrogens with one attached hydrogen (secondary N) is 1. The number of carbonyl (C=O) groups is 1. The zero-order chi connectivity index (χ0) is 30.6. The Kier molecular flexibility index (Phi) is 13.1. The highest BCUT2D eigenvalue weighted by atomic mass is 79.9. The highest BCUT2D eigenvalue weighted by Gasteiger charge is 2.27. The van der Waals surface area contributed by atoms with Gasteiger partial charge in [-0.05, 0) is 76.5 Å². The van der Waals surface area contributed by atoms with Gasteiger partial charge in [0.1, 0.15) is 6.61 Å². The quantitative estimate of drug-likeness (QED) is 0.142. The Hall–Kier alpha value is -3.13. The van der Waals surface area contributed by atoms with Crippen molar-refractivity contribution in [1.82, 2.24) is 5.32 Å². The number of nitrogens with zero attached hydrogens (tertiary/aromatic N) is 1. The van der Waals surface area contributed by atoms with E-state index in [-0.39, 0.29) is 12.5 Å². The molecule has 0 heterocycles. The van der Waals surface area contributed by atoms with Gasteiger partial charge in [-0.1, -0.05) is 77.3 Å². The number of benzene rings is 2. The molecule has 1 aliphatic carbocycles. The number of aliphatic imine (C=N–C) groups is 1. The molecular weight excluding hydrogens is 605 g/mol. The molecule has 8 heteroatoms. The lowest BCUT2D eigenvalue weighted by atomic mass is 9.80. The van der Waals surface area contributed by atoms with E-state index in [9.17, 15) is 18.0 Å². The molecule has 1 amide bonds. The predicted octanol–water partition coefficient (Wildman–Crippen LogP) is 9.53. The molecule has 0 spiro atoms. The zero-order valence-electron chi connectivity index (χ0n) is 24.8. The third-order valence-electron chi connectivity index (χ3n) is 7.39. The minimum atomic E-state index is -1.51. The summed E-state index contributed by atoms with van der Waals surface area (Å²) in [5.74, 6) is -5.25. The van der Waals surface area contributed by atoms with Gasteiger partial charge in [0.15, 0.2) is 17.4 Å². The fourth-order valence-electron chi connectivity index (χ4n) is 5.05. The smallest absolute Gasteiger partial charge is 0.254 e. The van der Waals surface area contributed by atoms with Crippen LogP contribution in [0.4, 0.5) is 13.2 Å². The third kappa shape index (κ3) is 9.45. The average Bonchev–Trinajstić information content (AvgIpc) is 2.97. The molecule has 42 heavy (non-hydrogen) atoms. The average molecular weight is 646 g/mol. The topological polar surface area (TPSA) is 50.7 Å². The van der Waals surface area contributed by atoms with Crippen LogP contribution in [-0.2, 0) is 6.61 Å². The van der Waals surface area contributed by atoms with Gasteiger partial charge in [0.2, 0.25) is 5.82 Å². The van der Waals surface area contributed by atoms with Crippen LogP contribution >= 0.6 is 15.9 Å². The van der Waals surface area contributed by atoms with Gasteiger partial charge < -0.3 is 10.1 Å². The lowest BCUT2D eigenvalue weighted by Crippen LogP contribution is -2.32. The van der Waals surface area contributed by atoms with Gasteiger partial charge in [0, 0.05) is 28.4 Å². The van der Waals surface area contributed by atoms with Crippen molar-refractivity contribution in [3.05, 3.63) is 99.0 Å². The van der Waals surface area contributed by atoms with Crippen molar-refractivity contribution in [1.29, 1.82) is 0 Å². The van der Waals surface area contributed by atoms with Gasteiger partial charge in [-0.15, -0.1) is 0 Å². The summed E-state index contributed by atoms with van der Waals surface area (Å²) in [6.45, 7) is 8.19. The van der Waals surface area contributed by atoms with Crippen LogP contribution in [0.25, 0.3) is 0 Å². The van der Waals surface area contributed by atoms with Gasteiger partial charge in [0.05, 0.1) is 5.56 Å². The molecule has 0 aliphatic heterocycles. The number of hydrogen-bond acceptors (Lipinski definition) is 3. The van der Waals surface area contributed by atoms with Gasteiger partial charge in [-0.2, -0.15) is 4.39 Å². The van der Waals surface area contributed by atoms with Crippen molar-refractivity contribution >= 4 is 27.5 Å². The first-order chi connectivity index (χ1) is 20.2. The summed E-state index contributed by atoms with van der Waals surface area (Å²) >= 11 is 3.57. The van der Waals surface area contributed by atoms with E-state index < -0.39 is 34.7 Å². The largest absolute Gasteiger partial charge is 0.483 e. The molecule has 226 valence electrons. The van der Waals surface area contributed by atoms with Crippen molar-refractivity contribution in [3.63, 3.8) is 0 Å². The molecule has 1 fully saturated rings.